The van der Waals surface area contributed by atoms with Gasteiger partial charge < -0.3 is 9.63 Å². The van der Waals surface area contributed by atoms with Gasteiger partial charge in [0.2, 0.25) is 5.82 Å². The van der Waals surface area contributed by atoms with Gasteiger partial charge in [-0.05, 0) is 36.8 Å². The molecule has 0 aliphatic rings. The molecule has 0 saturated carbocycles. The van der Waals surface area contributed by atoms with Crippen LogP contribution in [0.5, 0.6) is 5.75 Å². The minimum Gasteiger partial charge on any atom is -0.508 e. The lowest BCUT2D eigenvalue weighted by Crippen LogP contribution is -1.85. The van der Waals surface area contributed by atoms with Crippen LogP contribution in [-0.2, 0) is 0 Å². The van der Waals surface area contributed by atoms with Gasteiger partial charge in [-0.15, -0.1) is 0 Å². The summed E-state index contributed by atoms with van der Waals surface area (Å²) in [5, 5.41) is 13.3. The van der Waals surface area contributed by atoms with E-state index < -0.39 is 0 Å². The molecule has 1 aromatic heterocycles. The summed E-state index contributed by atoms with van der Waals surface area (Å²) in [5.74, 6) is 0.383. The molecule has 0 radical (unpaired) electrons. The van der Waals surface area contributed by atoms with Gasteiger partial charge in [-0.25, -0.2) is 4.39 Å². The van der Waals surface area contributed by atoms with E-state index in [2.05, 4.69) is 10.1 Å². The van der Waals surface area contributed by atoms with Crippen LogP contribution in [0.2, 0.25) is 0 Å². The van der Waals surface area contributed by atoms with E-state index in [-0.39, 0.29) is 17.5 Å². The first-order valence-electron chi connectivity index (χ1n) is 6.03. The van der Waals surface area contributed by atoms with Crippen LogP contribution in [0, 0.1) is 12.7 Å². The molecule has 0 fully saturated rings. The predicted molar refractivity (Wildman–Crippen MR) is 71.5 cm³/mol. The first-order chi connectivity index (χ1) is 9.63. The van der Waals surface area contributed by atoms with Crippen LogP contribution in [0.15, 0.2) is 47.0 Å². The molecule has 0 saturated heterocycles. The molecule has 1 N–H and O–H groups in total. The summed E-state index contributed by atoms with van der Waals surface area (Å²) in [5.41, 5.74) is 1.71. The predicted octanol–water partition coefficient (Wildman–Crippen LogP) is 3.56. The second kappa shape index (κ2) is 4.77. The van der Waals surface area contributed by atoms with Crippen LogP contribution in [0.1, 0.15) is 5.56 Å². The van der Waals surface area contributed by atoms with Gasteiger partial charge in [0.15, 0.2) is 0 Å². The molecule has 0 unspecified atom stereocenters. The highest BCUT2D eigenvalue weighted by molar-refractivity contribution is 5.61. The van der Waals surface area contributed by atoms with Crippen molar-refractivity contribution < 1.29 is 14.0 Å². The summed E-state index contributed by atoms with van der Waals surface area (Å²) in [6, 6.07) is 11.3. The fourth-order valence-electron chi connectivity index (χ4n) is 1.83. The molecule has 4 nitrogen and oxygen atoms in total. The van der Waals surface area contributed by atoms with Crippen molar-refractivity contribution in [2.24, 2.45) is 0 Å². The number of aryl methyl sites for hydroxylation is 1. The number of aromatic hydroxyl groups is 1. The van der Waals surface area contributed by atoms with Gasteiger partial charge in [-0.1, -0.05) is 23.4 Å². The van der Waals surface area contributed by atoms with Gasteiger partial charge in [0.1, 0.15) is 11.6 Å². The molecule has 2 aromatic carbocycles. The number of halogens is 1. The largest absolute Gasteiger partial charge is 0.508 e. The average molecular weight is 270 g/mol. The Hall–Kier alpha value is -2.69. The summed E-state index contributed by atoms with van der Waals surface area (Å²) in [4.78, 5) is 4.21. The van der Waals surface area contributed by atoms with E-state index in [1.54, 1.807) is 37.3 Å². The quantitative estimate of drug-likeness (QED) is 0.773. The fourth-order valence-corrected chi connectivity index (χ4v) is 1.83. The Kier molecular flexibility index (Phi) is 2.95. The minimum absolute atomic E-state index is 0.121. The zero-order valence-corrected chi connectivity index (χ0v) is 10.7. The lowest BCUT2D eigenvalue weighted by molar-refractivity contribution is 0.432. The molecule has 0 atom stereocenters. The molecule has 0 bridgehead atoms. The third-order valence-corrected chi connectivity index (χ3v) is 2.95. The van der Waals surface area contributed by atoms with Crippen LogP contribution in [0.4, 0.5) is 4.39 Å². The average Bonchev–Trinajstić information content (AvgIpc) is 2.92. The van der Waals surface area contributed by atoms with Crippen LogP contribution < -0.4 is 0 Å². The van der Waals surface area contributed by atoms with Crippen molar-refractivity contribution in [1.29, 1.82) is 0 Å². The molecule has 5 heteroatoms. The van der Waals surface area contributed by atoms with Crippen molar-refractivity contribution in [3.63, 3.8) is 0 Å². The number of hydrogen-bond acceptors (Lipinski definition) is 4. The van der Waals surface area contributed by atoms with Crippen LogP contribution in [0.25, 0.3) is 22.8 Å². The summed E-state index contributed by atoms with van der Waals surface area (Å²) in [6.45, 7) is 1.69. The van der Waals surface area contributed by atoms with Crippen molar-refractivity contribution in [2.45, 2.75) is 6.92 Å². The molecular formula is C15H11FN2O2. The highest BCUT2D eigenvalue weighted by atomic mass is 19.1. The zero-order chi connectivity index (χ0) is 14.1. The van der Waals surface area contributed by atoms with Gasteiger partial charge >= 0.3 is 0 Å². The number of benzene rings is 2. The van der Waals surface area contributed by atoms with Gasteiger partial charge in [0.05, 0.1) is 0 Å². The minimum atomic E-state index is -0.320. The van der Waals surface area contributed by atoms with Crippen LogP contribution in [0.3, 0.4) is 0 Å². The second-order valence-corrected chi connectivity index (χ2v) is 4.44. The molecule has 0 spiro atoms. The maximum Gasteiger partial charge on any atom is 0.258 e. The maximum atomic E-state index is 13.5. The van der Waals surface area contributed by atoms with Gasteiger partial charge in [-0.3, -0.25) is 0 Å². The van der Waals surface area contributed by atoms with Crippen molar-refractivity contribution >= 4 is 0 Å². The second-order valence-electron chi connectivity index (χ2n) is 4.44. The van der Waals surface area contributed by atoms with E-state index in [9.17, 15) is 9.50 Å². The van der Waals surface area contributed by atoms with Gasteiger partial charge in [0, 0.05) is 11.1 Å². The Morgan fingerprint density at radius 2 is 1.95 bits per heavy atom. The van der Waals surface area contributed by atoms with E-state index in [0.717, 1.165) is 0 Å². The SMILES string of the molecule is Cc1ccc(-c2nc(-c3cccc(O)c3)no2)cc1F. The van der Waals surface area contributed by atoms with E-state index in [0.29, 0.717) is 22.5 Å². The molecule has 3 rings (SSSR count). The normalized spacial score (nSPS) is 10.7. The third kappa shape index (κ3) is 2.25. The van der Waals surface area contributed by atoms with E-state index in [1.165, 1.54) is 12.1 Å². The van der Waals surface area contributed by atoms with E-state index in [4.69, 9.17) is 4.52 Å². The number of nitrogens with zero attached hydrogens (tertiary/aromatic N) is 2. The standard InChI is InChI=1S/C15H11FN2O2/c1-9-5-6-11(8-13(9)16)15-17-14(18-20-15)10-3-2-4-12(19)7-10/h2-8,19H,1H3. The molecule has 3 aromatic rings. The maximum absolute atomic E-state index is 13.5. The lowest BCUT2D eigenvalue weighted by atomic mass is 10.1. The smallest absolute Gasteiger partial charge is 0.258 e. The number of phenolic OH excluding ortho intramolecular Hbond substituents is 1. The first kappa shape index (κ1) is 12.3. The Morgan fingerprint density at radius 1 is 1.10 bits per heavy atom. The fraction of sp³-hybridized carbons (Fsp3) is 0.0667. The van der Waals surface area contributed by atoms with E-state index in [1.807, 2.05) is 0 Å². The van der Waals surface area contributed by atoms with Crippen molar-refractivity contribution in [1.82, 2.24) is 10.1 Å². The summed E-state index contributed by atoms with van der Waals surface area (Å²) < 4.78 is 18.7. The number of hydrogen-bond donors (Lipinski definition) is 1. The Morgan fingerprint density at radius 3 is 2.70 bits per heavy atom. The number of rotatable bonds is 2. The van der Waals surface area contributed by atoms with Crippen molar-refractivity contribution in [3.8, 4) is 28.6 Å². The molecule has 0 aliphatic heterocycles. The Balaban J connectivity index is 1.99. The Labute approximate surface area is 114 Å². The molecule has 20 heavy (non-hydrogen) atoms. The number of phenols is 1. The Bertz CT molecular complexity index is 768. The first-order valence-corrected chi connectivity index (χ1v) is 6.03. The van der Waals surface area contributed by atoms with Gasteiger partial charge in [-0.2, -0.15) is 4.98 Å². The monoisotopic (exact) mass is 270 g/mol. The van der Waals surface area contributed by atoms with Gasteiger partial charge in [0.25, 0.3) is 5.89 Å². The summed E-state index contributed by atoms with van der Waals surface area (Å²) >= 11 is 0. The lowest BCUT2D eigenvalue weighted by Gasteiger charge is -1.97. The third-order valence-electron chi connectivity index (χ3n) is 2.95. The molecular weight excluding hydrogens is 259 g/mol. The molecule has 0 amide bonds. The van der Waals surface area contributed by atoms with Crippen molar-refractivity contribution in [3.05, 3.63) is 53.8 Å². The van der Waals surface area contributed by atoms with Crippen LogP contribution in [-0.4, -0.2) is 15.2 Å². The van der Waals surface area contributed by atoms with Crippen LogP contribution >= 0.6 is 0 Å². The number of aromatic nitrogens is 2. The highest BCUT2D eigenvalue weighted by Gasteiger charge is 2.12. The van der Waals surface area contributed by atoms with Crippen molar-refractivity contribution in [2.75, 3.05) is 0 Å². The highest BCUT2D eigenvalue weighted by Crippen LogP contribution is 2.25. The zero-order valence-electron chi connectivity index (χ0n) is 10.7. The molecule has 100 valence electrons. The van der Waals surface area contributed by atoms with E-state index >= 15 is 0 Å². The summed E-state index contributed by atoms with van der Waals surface area (Å²) in [6.07, 6.45) is 0. The summed E-state index contributed by atoms with van der Waals surface area (Å²) in [7, 11) is 0. The molecule has 1 heterocycles. The molecule has 0 aliphatic carbocycles. The topological polar surface area (TPSA) is 59.2 Å².